The lowest BCUT2D eigenvalue weighted by molar-refractivity contribution is 0.181. The predicted molar refractivity (Wildman–Crippen MR) is 63.9 cm³/mol. The van der Waals surface area contributed by atoms with Crippen LogP contribution in [0.3, 0.4) is 0 Å². The van der Waals surface area contributed by atoms with Crippen molar-refractivity contribution in [2.24, 2.45) is 0 Å². The normalized spacial score (nSPS) is 10.0. The number of amides is 1. The molecule has 1 amide bonds. The number of benzene rings is 1. The Hall–Kier alpha value is -1.20. The van der Waals surface area contributed by atoms with Gasteiger partial charge in [-0.1, -0.05) is 0 Å². The molecule has 0 aliphatic carbocycles. The summed E-state index contributed by atoms with van der Waals surface area (Å²) < 4.78 is 5.00. The Bertz CT molecular complexity index is 370. The van der Waals surface area contributed by atoms with E-state index in [-0.39, 0.29) is 0 Å². The van der Waals surface area contributed by atoms with Crippen molar-refractivity contribution in [2.45, 2.75) is 18.7 Å². The van der Waals surface area contributed by atoms with Gasteiger partial charge in [-0.25, -0.2) is 4.79 Å². The van der Waals surface area contributed by atoms with Gasteiger partial charge in [-0.15, -0.1) is 11.8 Å². The van der Waals surface area contributed by atoms with Crippen LogP contribution in [-0.4, -0.2) is 24.2 Å². The highest BCUT2D eigenvalue weighted by Gasteiger charge is 2.08. The quantitative estimate of drug-likeness (QED) is 0.628. The average molecular weight is 241 g/mol. The molecule has 0 saturated heterocycles. The van der Waals surface area contributed by atoms with Crippen LogP contribution in [-0.2, 0) is 0 Å². The third kappa shape index (κ3) is 3.15. The molecule has 0 unspecified atom stereocenters. The largest absolute Gasteiger partial charge is 0.414 e. The van der Waals surface area contributed by atoms with E-state index in [2.05, 4.69) is 5.32 Å². The van der Waals surface area contributed by atoms with Gasteiger partial charge in [0.15, 0.2) is 0 Å². The summed E-state index contributed by atoms with van der Waals surface area (Å²) in [6, 6.07) is 3.60. The molecule has 1 aromatic rings. The van der Waals surface area contributed by atoms with Crippen LogP contribution in [0.1, 0.15) is 11.1 Å². The number of ether oxygens (including phenoxy) is 1. The highest BCUT2D eigenvalue weighted by atomic mass is 32.2. The lowest BCUT2D eigenvalue weighted by Crippen LogP contribution is -2.27. The fourth-order valence-electron chi connectivity index (χ4n) is 1.50. The summed E-state index contributed by atoms with van der Waals surface area (Å²) in [5, 5.41) is 10.6. The van der Waals surface area contributed by atoms with Gasteiger partial charge in [0.2, 0.25) is 0 Å². The Morgan fingerprint density at radius 3 is 2.44 bits per heavy atom. The molecular formula is C11H15NO3S. The number of aliphatic hydroxyl groups is 1. The first-order valence-corrected chi connectivity index (χ1v) is 6.02. The smallest absolute Gasteiger partial charge is 0.410 e. The van der Waals surface area contributed by atoms with Crippen LogP contribution in [0.5, 0.6) is 5.75 Å². The molecule has 0 bridgehead atoms. The maximum Gasteiger partial charge on any atom is 0.414 e. The molecule has 2 N–H and O–H groups in total. The van der Waals surface area contributed by atoms with Gasteiger partial charge in [-0.3, -0.25) is 5.32 Å². The first-order chi connectivity index (χ1) is 7.58. The van der Waals surface area contributed by atoms with E-state index in [0.717, 1.165) is 11.1 Å². The molecule has 4 nitrogen and oxygen atoms in total. The summed E-state index contributed by atoms with van der Waals surface area (Å²) in [6.45, 7) is 3.50. The van der Waals surface area contributed by atoms with Crippen LogP contribution in [0.15, 0.2) is 17.0 Å². The molecule has 1 aromatic carbocycles. The van der Waals surface area contributed by atoms with Crippen molar-refractivity contribution in [1.29, 1.82) is 0 Å². The lowest BCUT2D eigenvalue weighted by Gasteiger charge is -2.10. The number of nitrogens with one attached hydrogen (secondary N) is 1. The van der Waals surface area contributed by atoms with E-state index in [1.54, 1.807) is 23.9 Å². The molecule has 0 aromatic heterocycles. The summed E-state index contributed by atoms with van der Waals surface area (Å²) in [6.07, 6.45) is 1.35. The molecule has 0 spiro atoms. The van der Waals surface area contributed by atoms with E-state index < -0.39 is 12.8 Å². The molecule has 0 saturated carbocycles. The summed E-state index contributed by atoms with van der Waals surface area (Å²) >= 11 is 1.66. The molecule has 0 aliphatic heterocycles. The monoisotopic (exact) mass is 241 g/mol. The maximum atomic E-state index is 11.1. The first kappa shape index (κ1) is 12.9. The van der Waals surface area contributed by atoms with E-state index in [1.165, 1.54) is 4.90 Å². The minimum atomic E-state index is -0.654. The highest BCUT2D eigenvalue weighted by Crippen LogP contribution is 2.28. The van der Waals surface area contributed by atoms with E-state index in [9.17, 15) is 4.79 Å². The molecule has 1 rings (SSSR count). The van der Waals surface area contributed by atoms with Gasteiger partial charge >= 0.3 is 6.09 Å². The number of thioether (sulfide) groups is 1. The molecule has 16 heavy (non-hydrogen) atoms. The Balaban J connectivity index is 2.87. The standard InChI is InChI=1S/C11H15NO3S/c1-7-4-9(15-11(14)12-6-13)5-8(2)10(7)16-3/h4-5,13H,6H2,1-3H3,(H,12,14). The second-order valence-corrected chi connectivity index (χ2v) is 4.13. The SMILES string of the molecule is CSc1c(C)cc(OC(=O)NCO)cc1C. The van der Waals surface area contributed by atoms with Crippen LogP contribution >= 0.6 is 11.8 Å². The molecule has 0 atom stereocenters. The van der Waals surface area contributed by atoms with Gasteiger partial charge < -0.3 is 9.84 Å². The Morgan fingerprint density at radius 2 is 2.00 bits per heavy atom. The van der Waals surface area contributed by atoms with E-state index in [1.807, 2.05) is 20.1 Å². The molecule has 5 heteroatoms. The maximum absolute atomic E-state index is 11.1. The van der Waals surface area contributed by atoms with Crippen molar-refractivity contribution in [3.8, 4) is 5.75 Å². The van der Waals surface area contributed by atoms with Gasteiger partial charge in [0.1, 0.15) is 12.5 Å². The van der Waals surface area contributed by atoms with Gasteiger partial charge in [-0.05, 0) is 43.4 Å². The predicted octanol–water partition coefficient (Wildman–Crippen LogP) is 2.06. The van der Waals surface area contributed by atoms with Crippen LogP contribution in [0.25, 0.3) is 0 Å². The second-order valence-electron chi connectivity index (χ2n) is 3.31. The molecule has 0 fully saturated rings. The van der Waals surface area contributed by atoms with Crippen molar-refractivity contribution >= 4 is 17.9 Å². The topological polar surface area (TPSA) is 58.6 Å². The van der Waals surface area contributed by atoms with Crippen molar-refractivity contribution in [3.05, 3.63) is 23.3 Å². The van der Waals surface area contributed by atoms with Gasteiger partial charge in [0.25, 0.3) is 0 Å². The second kappa shape index (κ2) is 5.77. The molecule has 0 radical (unpaired) electrons. The van der Waals surface area contributed by atoms with Crippen LogP contribution in [0, 0.1) is 13.8 Å². The summed E-state index contributed by atoms with van der Waals surface area (Å²) in [5.41, 5.74) is 2.14. The van der Waals surface area contributed by atoms with E-state index >= 15 is 0 Å². The van der Waals surface area contributed by atoms with Crippen LogP contribution < -0.4 is 10.1 Å². The zero-order valence-electron chi connectivity index (χ0n) is 9.53. The zero-order chi connectivity index (χ0) is 12.1. The molecule has 0 heterocycles. The number of carbonyl (C=O) groups excluding carboxylic acids is 1. The van der Waals surface area contributed by atoms with E-state index in [4.69, 9.17) is 9.84 Å². The lowest BCUT2D eigenvalue weighted by atomic mass is 10.1. The van der Waals surface area contributed by atoms with Crippen molar-refractivity contribution in [2.75, 3.05) is 13.0 Å². The minimum Gasteiger partial charge on any atom is -0.410 e. The van der Waals surface area contributed by atoms with Gasteiger partial charge in [-0.2, -0.15) is 0 Å². The molecular weight excluding hydrogens is 226 g/mol. The number of aliphatic hydroxyl groups excluding tert-OH is 1. The number of carbonyl (C=O) groups is 1. The fourth-order valence-corrected chi connectivity index (χ4v) is 2.26. The number of rotatable bonds is 3. The zero-order valence-corrected chi connectivity index (χ0v) is 10.4. The summed E-state index contributed by atoms with van der Waals surface area (Å²) in [4.78, 5) is 12.3. The van der Waals surface area contributed by atoms with Crippen molar-refractivity contribution in [3.63, 3.8) is 0 Å². The van der Waals surface area contributed by atoms with Crippen molar-refractivity contribution in [1.82, 2.24) is 5.32 Å². The Kier molecular flexibility index (Phi) is 4.64. The number of aryl methyl sites for hydroxylation is 2. The van der Waals surface area contributed by atoms with E-state index in [0.29, 0.717) is 5.75 Å². The van der Waals surface area contributed by atoms with Crippen LogP contribution in [0.2, 0.25) is 0 Å². The van der Waals surface area contributed by atoms with Gasteiger partial charge in [0.05, 0.1) is 0 Å². The Labute approximate surface area is 99.0 Å². The average Bonchev–Trinajstić information content (AvgIpc) is 2.17. The summed E-state index contributed by atoms with van der Waals surface area (Å²) in [5.74, 6) is 0.485. The molecule has 0 aliphatic rings. The minimum absolute atomic E-state index is 0.431. The van der Waals surface area contributed by atoms with Crippen molar-refractivity contribution < 1.29 is 14.6 Å². The first-order valence-electron chi connectivity index (χ1n) is 4.80. The Morgan fingerprint density at radius 1 is 1.44 bits per heavy atom. The highest BCUT2D eigenvalue weighted by molar-refractivity contribution is 7.98. The summed E-state index contributed by atoms with van der Waals surface area (Å²) in [7, 11) is 0. The number of hydrogen-bond acceptors (Lipinski definition) is 4. The third-order valence-electron chi connectivity index (χ3n) is 2.07. The third-order valence-corrected chi connectivity index (χ3v) is 3.12. The van der Waals surface area contributed by atoms with Crippen LogP contribution in [0.4, 0.5) is 4.79 Å². The fraction of sp³-hybridized carbons (Fsp3) is 0.364. The number of hydrogen-bond donors (Lipinski definition) is 2. The molecule has 88 valence electrons. The van der Waals surface area contributed by atoms with Gasteiger partial charge in [0, 0.05) is 4.90 Å².